The molecule has 2 aromatic rings. The summed E-state index contributed by atoms with van der Waals surface area (Å²) in [5, 5.41) is 5.09. The van der Waals surface area contributed by atoms with E-state index >= 15 is 0 Å². The fourth-order valence-corrected chi connectivity index (χ4v) is 3.51. The molecule has 0 aliphatic carbocycles. The van der Waals surface area contributed by atoms with E-state index in [1.165, 1.54) is 10.4 Å². The minimum atomic E-state index is 0.0161. The Kier molecular flexibility index (Phi) is 3.94. The van der Waals surface area contributed by atoms with E-state index < -0.39 is 0 Å². The lowest BCUT2D eigenvalue weighted by Gasteiger charge is -2.26. The van der Waals surface area contributed by atoms with Crippen LogP contribution in [0.15, 0.2) is 29.6 Å². The van der Waals surface area contributed by atoms with Crippen LogP contribution in [0.2, 0.25) is 0 Å². The Morgan fingerprint density at radius 3 is 3.14 bits per heavy atom. The number of carbonyl (C=O) groups excluding carboxylic acids is 1. The monoisotopic (exact) mass is 301 g/mol. The third-order valence-electron chi connectivity index (χ3n) is 3.90. The van der Waals surface area contributed by atoms with Gasteiger partial charge in [0, 0.05) is 29.3 Å². The molecule has 1 aliphatic rings. The van der Waals surface area contributed by atoms with Gasteiger partial charge in [0.1, 0.15) is 0 Å². The van der Waals surface area contributed by atoms with E-state index in [0.717, 1.165) is 30.8 Å². The van der Waals surface area contributed by atoms with Gasteiger partial charge in [0.15, 0.2) is 0 Å². The van der Waals surface area contributed by atoms with Gasteiger partial charge in [-0.25, -0.2) is 0 Å². The van der Waals surface area contributed by atoms with Crippen LogP contribution in [0.3, 0.4) is 0 Å². The van der Waals surface area contributed by atoms with Crippen LogP contribution in [0.4, 0.5) is 11.4 Å². The summed E-state index contributed by atoms with van der Waals surface area (Å²) in [6.07, 6.45) is 1.04. The van der Waals surface area contributed by atoms with E-state index in [1.807, 2.05) is 36.5 Å². The van der Waals surface area contributed by atoms with Gasteiger partial charge in [-0.3, -0.25) is 9.69 Å². The van der Waals surface area contributed by atoms with Crippen molar-refractivity contribution in [1.29, 1.82) is 0 Å². The molecule has 3 N–H and O–H groups in total. The maximum absolute atomic E-state index is 12.2. The predicted molar refractivity (Wildman–Crippen MR) is 87.5 cm³/mol. The SMILES string of the molecule is Cc1c(N)cccc1NC(=O)CN1CCc2sccc2C1. The molecule has 1 amide bonds. The van der Waals surface area contributed by atoms with E-state index in [-0.39, 0.29) is 5.91 Å². The maximum Gasteiger partial charge on any atom is 0.238 e. The van der Waals surface area contributed by atoms with Crippen LogP contribution >= 0.6 is 11.3 Å². The minimum absolute atomic E-state index is 0.0161. The van der Waals surface area contributed by atoms with Gasteiger partial charge < -0.3 is 11.1 Å². The Bertz CT molecular complexity index is 665. The van der Waals surface area contributed by atoms with Crippen molar-refractivity contribution in [2.45, 2.75) is 19.9 Å². The third-order valence-corrected chi connectivity index (χ3v) is 4.93. The highest BCUT2D eigenvalue weighted by molar-refractivity contribution is 7.10. The molecule has 5 heteroatoms. The van der Waals surface area contributed by atoms with Gasteiger partial charge in [-0.1, -0.05) is 6.07 Å². The van der Waals surface area contributed by atoms with E-state index in [0.29, 0.717) is 12.2 Å². The quantitative estimate of drug-likeness (QED) is 0.857. The average molecular weight is 301 g/mol. The number of hydrogen-bond acceptors (Lipinski definition) is 4. The largest absolute Gasteiger partial charge is 0.398 e. The van der Waals surface area contributed by atoms with E-state index in [4.69, 9.17) is 5.73 Å². The zero-order valence-electron chi connectivity index (χ0n) is 12.1. The number of carbonyl (C=O) groups is 1. The number of nitrogens with zero attached hydrogens (tertiary/aromatic N) is 1. The summed E-state index contributed by atoms with van der Waals surface area (Å²) in [5.74, 6) is 0.0161. The zero-order valence-corrected chi connectivity index (χ0v) is 12.9. The highest BCUT2D eigenvalue weighted by Crippen LogP contribution is 2.24. The number of benzene rings is 1. The molecule has 110 valence electrons. The van der Waals surface area contributed by atoms with Crippen molar-refractivity contribution in [3.8, 4) is 0 Å². The van der Waals surface area contributed by atoms with Gasteiger partial charge in [-0.15, -0.1) is 11.3 Å². The summed E-state index contributed by atoms with van der Waals surface area (Å²) in [6, 6.07) is 7.74. The number of nitrogen functional groups attached to an aromatic ring is 1. The standard InChI is InChI=1S/C16H19N3OS/c1-11-13(17)3-2-4-14(11)18-16(20)10-19-7-5-15-12(9-19)6-8-21-15/h2-4,6,8H,5,7,9-10,17H2,1H3,(H,18,20). The zero-order chi connectivity index (χ0) is 14.8. The van der Waals surface area contributed by atoms with Crippen LogP contribution in [0.5, 0.6) is 0 Å². The summed E-state index contributed by atoms with van der Waals surface area (Å²) < 4.78 is 0. The van der Waals surface area contributed by atoms with Crippen LogP contribution in [-0.4, -0.2) is 23.9 Å². The molecule has 0 fully saturated rings. The van der Waals surface area contributed by atoms with Crippen molar-refractivity contribution in [3.63, 3.8) is 0 Å². The summed E-state index contributed by atoms with van der Waals surface area (Å²) in [7, 11) is 0. The fraction of sp³-hybridized carbons (Fsp3) is 0.312. The van der Waals surface area contributed by atoms with Crippen LogP contribution in [0.1, 0.15) is 16.0 Å². The van der Waals surface area contributed by atoms with Gasteiger partial charge in [-0.2, -0.15) is 0 Å². The Hall–Kier alpha value is -1.85. The van der Waals surface area contributed by atoms with Crippen LogP contribution < -0.4 is 11.1 Å². The lowest BCUT2D eigenvalue weighted by molar-refractivity contribution is -0.117. The molecule has 2 heterocycles. The first-order chi connectivity index (χ1) is 10.1. The first-order valence-electron chi connectivity index (χ1n) is 7.06. The topological polar surface area (TPSA) is 58.4 Å². The van der Waals surface area contributed by atoms with Crippen molar-refractivity contribution in [1.82, 2.24) is 4.90 Å². The summed E-state index contributed by atoms with van der Waals surface area (Å²) in [6.45, 7) is 4.14. The smallest absolute Gasteiger partial charge is 0.238 e. The number of fused-ring (bicyclic) bond motifs is 1. The van der Waals surface area contributed by atoms with Crippen LogP contribution in [-0.2, 0) is 17.8 Å². The number of nitrogens with one attached hydrogen (secondary N) is 1. The number of thiophene rings is 1. The van der Waals surface area contributed by atoms with Crippen molar-refractivity contribution in [2.24, 2.45) is 0 Å². The number of nitrogens with two attached hydrogens (primary N) is 1. The molecule has 0 spiro atoms. The Labute approximate surface area is 128 Å². The number of hydrogen-bond donors (Lipinski definition) is 2. The Morgan fingerprint density at radius 2 is 2.29 bits per heavy atom. The molecular formula is C16H19N3OS. The molecule has 0 bridgehead atoms. The molecule has 4 nitrogen and oxygen atoms in total. The number of anilines is 2. The Balaban J connectivity index is 1.61. The second-order valence-electron chi connectivity index (χ2n) is 5.40. The van der Waals surface area contributed by atoms with Gasteiger partial charge in [0.25, 0.3) is 0 Å². The highest BCUT2D eigenvalue weighted by Gasteiger charge is 2.19. The Morgan fingerprint density at radius 1 is 1.43 bits per heavy atom. The van der Waals surface area contributed by atoms with Crippen molar-refractivity contribution < 1.29 is 4.79 Å². The van der Waals surface area contributed by atoms with Gasteiger partial charge in [0.2, 0.25) is 5.91 Å². The molecular weight excluding hydrogens is 282 g/mol. The fourth-order valence-electron chi connectivity index (χ4n) is 2.62. The predicted octanol–water partition coefficient (Wildman–Crippen LogP) is 2.64. The van der Waals surface area contributed by atoms with Crippen LogP contribution in [0.25, 0.3) is 0 Å². The van der Waals surface area contributed by atoms with E-state index in [2.05, 4.69) is 21.7 Å². The molecule has 0 saturated carbocycles. The molecule has 0 atom stereocenters. The molecule has 0 radical (unpaired) electrons. The summed E-state index contributed by atoms with van der Waals surface area (Å²) in [4.78, 5) is 15.8. The molecule has 0 saturated heterocycles. The van der Waals surface area contributed by atoms with Crippen molar-refractivity contribution in [3.05, 3.63) is 45.6 Å². The summed E-state index contributed by atoms with van der Waals surface area (Å²) in [5.41, 5.74) is 9.64. The lowest BCUT2D eigenvalue weighted by Crippen LogP contribution is -2.36. The van der Waals surface area contributed by atoms with Crippen LogP contribution in [0, 0.1) is 6.92 Å². The van der Waals surface area contributed by atoms with Crippen molar-refractivity contribution >= 4 is 28.6 Å². The first-order valence-corrected chi connectivity index (χ1v) is 7.94. The second kappa shape index (κ2) is 5.87. The lowest BCUT2D eigenvalue weighted by atomic mass is 10.1. The van der Waals surface area contributed by atoms with E-state index in [9.17, 15) is 4.79 Å². The normalized spacial score (nSPS) is 14.7. The maximum atomic E-state index is 12.2. The van der Waals surface area contributed by atoms with Gasteiger partial charge >= 0.3 is 0 Å². The molecule has 1 aromatic carbocycles. The summed E-state index contributed by atoms with van der Waals surface area (Å²) >= 11 is 1.81. The van der Waals surface area contributed by atoms with Gasteiger partial charge in [-0.05, 0) is 48.1 Å². The number of rotatable bonds is 3. The molecule has 3 rings (SSSR count). The highest BCUT2D eigenvalue weighted by atomic mass is 32.1. The molecule has 0 unspecified atom stereocenters. The van der Waals surface area contributed by atoms with E-state index in [1.54, 1.807) is 0 Å². The van der Waals surface area contributed by atoms with Gasteiger partial charge in [0.05, 0.1) is 6.54 Å². The minimum Gasteiger partial charge on any atom is -0.398 e. The van der Waals surface area contributed by atoms with Crippen molar-refractivity contribution in [2.75, 3.05) is 24.1 Å². The third kappa shape index (κ3) is 3.09. The molecule has 1 aromatic heterocycles. The second-order valence-corrected chi connectivity index (χ2v) is 6.40. The molecule has 1 aliphatic heterocycles. The number of amides is 1. The first kappa shape index (κ1) is 14.1. The average Bonchev–Trinajstić information content (AvgIpc) is 2.91. The molecule has 21 heavy (non-hydrogen) atoms.